The Bertz CT molecular complexity index is 570. The summed E-state index contributed by atoms with van der Waals surface area (Å²) in [5, 5.41) is 10.6. The van der Waals surface area contributed by atoms with Gasteiger partial charge in [0.05, 0.1) is 16.4 Å². The number of hydrogen-bond acceptors (Lipinski definition) is 6. The second-order valence-corrected chi connectivity index (χ2v) is 6.70. The van der Waals surface area contributed by atoms with Crippen LogP contribution >= 0.6 is 0 Å². The molecule has 0 bridgehead atoms. The van der Waals surface area contributed by atoms with E-state index in [0.29, 0.717) is 18.8 Å². The molecule has 1 unspecified atom stereocenters. The average molecular weight is 285 g/mol. The zero-order valence-corrected chi connectivity index (χ0v) is 11.3. The molecule has 0 saturated carbocycles. The topological polar surface area (TPSA) is 93.4 Å². The smallest absolute Gasteiger partial charge is 0.287 e. The van der Waals surface area contributed by atoms with Crippen molar-refractivity contribution in [3.05, 3.63) is 28.4 Å². The normalized spacial score (nSPS) is 21.2. The van der Waals surface area contributed by atoms with E-state index in [1.165, 1.54) is 12.3 Å². The maximum absolute atomic E-state index is 11.5. The number of rotatable bonds is 4. The minimum absolute atomic E-state index is 0.0705. The van der Waals surface area contributed by atoms with E-state index in [2.05, 4.69) is 4.98 Å². The maximum atomic E-state index is 11.5. The van der Waals surface area contributed by atoms with Crippen LogP contribution in [0.4, 0.5) is 11.5 Å². The molecule has 1 aliphatic heterocycles. The third kappa shape index (κ3) is 3.01. The van der Waals surface area contributed by atoms with E-state index < -0.39 is 14.8 Å². The second kappa shape index (κ2) is 5.12. The summed E-state index contributed by atoms with van der Waals surface area (Å²) in [4.78, 5) is 16.0. The van der Waals surface area contributed by atoms with Crippen molar-refractivity contribution < 1.29 is 13.3 Å². The number of pyridine rings is 1. The first-order valence-electron chi connectivity index (χ1n) is 6.00. The van der Waals surface area contributed by atoms with E-state index in [4.69, 9.17) is 0 Å². The van der Waals surface area contributed by atoms with Crippen molar-refractivity contribution in [2.45, 2.75) is 19.4 Å². The van der Waals surface area contributed by atoms with Gasteiger partial charge in [0.15, 0.2) is 9.84 Å². The highest BCUT2D eigenvalue weighted by Crippen LogP contribution is 2.23. The molecule has 0 amide bonds. The molecule has 104 valence electrons. The number of nitro groups is 1. The van der Waals surface area contributed by atoms with Crippen molar-refractivity contribution >= 4 is 21.3 Å². The zero-order chi connectivity index (χ0) is 14.0. The summed E-state index contributed by atoms with van der Waals surface area (Å²) >= 11 is 0. The summed E-state index contributed by atoms with van der Waals surface area (Å²) in [6, 6.07) is 2.85. The van der Waals surface area contributed by atoms with Crippen molar-refractivity contribution in [1.29, 1.82) is 0 Å². The lowest BCUT2D eigenvalue weighted by Crippen LogP contribution is -2.36. The summed E-state index contributed by atoms with van der Waals surface area (Å²) in [5.41, 5.74) is -0.0705. The lowest BCUT2D eigenvalue weighted by atomic mass is 10.2. The Morgan fingerprint density at radius 1 is 1.53 bits per heavy atom. The fourth-order valence-electron chi connectivity index (χ4n) is 2.28. The van der Waals surface area contributed by atoms with Gasteiger partial charge in [-0.3, -0.25) is 10.1 Å². The monoisotopic (exact) mass is 285 g/mol. The zero-order valence-electron chi connectivity index (χ0n) is 10.5. The first kappa shape index (κ1) is 13.7. The molecule has 2 rings (SSSR count). The van der Waals surface area contributed by atoms with Crippen LogP contribution in [0.1, 0.15) is 13.3 Å². The largest absolute Gasteiger partial charge is 0.353 e. The molecule has 0 radical (unpaired) electrons. The SMILES string of the molecule is CCN(c1ccc([N+](=O)[O-])cn1)C1CCS(=O)(=O)C1. The second-order valence-electron chi connectivity index (χ2n) is 4.47. The van der Waals surface area contributed by atoms with Gasteiger partial charge in [0.1, 0.15) is 12.0 Å². The molecule has 1 aliphatic rings. The Kier molecular flexibility index (Phi) is 3.70. The molecule has 1 saturated heterocycles. The summed E-state index contributed by atoms with van der Waals surface area (Å²) in [5.74, 6) is 0.899. The summed E-state index contributed by atoms with van der Waals surface area (Å²) < 4.78 is 23.0. The molecule has 0 N–H and O–H groups in total. The van der Waals surface area contributed by atoms with E-state index in [0.717, 1.165) is 0 Å². The van der Waals surface area contributed by atoms with Gasteiger partial charge < -0.3 is 4.90 Å². The van der Waals surface area contributed by atoms with Crippen LogP contribution in [0.15, 0.2) is 18.3 Å². The van der Waals surface area contributed by atoms with Gasteiger partial charge in [0.25, 0.3) is 5.69 Å². The summed E-state index contributed by atoms with van der Waals surface area (Å²) in [6.45, 7) is 2.53. The van der Waals surface area contributed by atoms with Crippen LogP contribution < -0.4 is 4.90 Å². The molecular formula is C11H15N3O4S. The Hall–Kier alpha value is -1.70. The molecule has 1 fully saturated rings. The molecule has 0 aliphatic carbocycles. The van der Waals surface area contributed by atoms with Crippen molar-refractivity contribution in [1.82, 2.24) is 4.98 Å². The highest BCUT2D eigenvalue weighted by atomic mass is 32.2. The van der Waals surface area contributed by atoms with Crippen LogP contribution in [-0.2, 0) is 9.84 Å². The fraction of sp³-hybridized carbons (Fsp3) is 0.545. The van der Waals surface area contributed by atoms with E-state index in [9.17, 15) is 18.5 Å². The van der Waals surface area contributed by atoms with Gasteiger partial charge in [-0.2, -0.15) is 0 Å². The molecule has 1 aromatic heterocycles. The van der Waals surface area contributed by atoms with Gasteiger partial charge in [-0.05, 0) is 19.4 Å². The first-order chi connectivity index (χ1) is 8.93. The standard InChI is InChI=1S/C11H15N3O4S/c1-2-13(10-5-6-19(17,18)8-10)11-4-3-9(7-12-11)14(15)16/h3-4,7,10H,2,5-6,8H2,1H3. The molecule has 19 heavy (non-hydrogen) atoms. The van der Waals surface area contributed by atoms with Gasteiger partial charge in [0, 0.05) is 18.7 Å². The Morgan fingerprint density at radius 2 is 2.26 bits per heavy atom. The third-order valence-corrected chi connectivity index (χ3v) is 4.98. The van der Waals surface area contributed by atoms with Gasteiger partial charge in [-0.1, -0.05) is 0 Å². The van der Waals surface area contributed by atoms with Crippen molar-refractivity contribution in [2.75, 3.05) is 23.0 Å². The lowest BCUT2D eigenvalue weighted by molar-refractivity contribution is -0.385. The van der Waals surface area contributed by atoms with Crippen LogP contribution in [0.3, 0.4) is 0 Å². The van der Waals surface area contributed by atoms with Crippen LogP contribution in [0.5, 0.6) is 0 Å². The number of sulfone groups is 1. The Morgan fingerprint density at radius 3 is 2.68 bits per heavy atom. The average Bonchev–Trinajstić information content (AvgIpc) is 2.71. The molecule has 0 aromatic carbocycles. The number of aromatic nitrogens is 1. The van der Waals surface area contributed by atoms with E-state index in [-0.39, 0.29) is 23.2 Å². The number of nitrogens with zero attached hydrogens (tertiary/aromatic N) is 3. The molecule has 8 heteroatoms. The van der Waals surface area contributed by atoms with Gasteiger partial charge >= 0.3 is 0 Å². The van der Waals surface area contributed by atoms with E-state index >= 15 is 0 Å². The third-order valence-electron chi connectivity index (χ3n) is 3.23. The highest BCUT2D eigenvalue weighted by Gasteiger charge is 2.32. The predicted molar refractivity (Wildman–Crippen MR) is 71.0 cm³/mol. The van der Waals surface area contributed by atoms with E-state index in [1.807, 2.05) is 11.8 Å². The summed E-state index contributed by atoms with van der Waals surface area (Å²) in [6.07, 6.45) is 1.77. The molecule has 0 spiro atoms. The Labute approximate surface area is 111 Å². The van der Waals surface area contributed by atoms with Crippen molar-refractivity contribution in [3.63, 3.8) is 0 Å². The van der Waals surface area contributed by atoms with E-state index in [1.54, 1.807) is 6.07 Å². The summed E-state index contributed by atoms with van der Waals surface area (Å²) in [7, 11) is -2.96. The highest BCUT2D eigenvalue weighted by molar-refractivity contribution is 7.91. The fourth-order valence-corrected chi connectivity index (χ4v) is 4.02. The lowest BCUT2D eigenvalue weighted by Gasteiger charge is -2.27. The quantitative estimate of drug-likeness (QED) is 0.605. The molecule has 2 heterocycles. The van der Waals surface area contributed by atoms with Crippen molar-refractivity contribution in [3.8, 4) is 0 Å². The maximum Gasteiger partial charge on any atom is 0.287 e. The predicted octanol–water partition coefficient (Wildman–Crippen LogP) is 1.00. The van der Waals surface area contributed by atoms with Gasteiger partial charge in [-0.15, -0.1) is 0 Å². The van der Waals surface area contributed by atoms with Crippen LogP contribution in [0, 0.1) is 10.1 Å². The molecule has 1 atom stereocenters. The minimum atomic E-state index is -2.96. The minimum Gasteiger partial charge on any atom is -0.353 e. The van der Waals surface area contributed by atoms with Crippen molar-refractivity contribution in [2.24, 2.45) is 0 Å². The van der Waals surface area contributed by atoms with Crippen LogP contribution in [0.2, 0.25) is 0 Å². The van der Waals surface area contributed by atoms with Gasteiger partial charge in [-0.25, -0.2) is 13.4 Å². The molecule has 1 aromatic rings. The first-order valence-corrected chi connectivity index (χ1v) is 7.82. The number of anilines is 1. The van der Waals surface area contributed by atoms with Crippen LogP contribution in [0.25, 0.3) is 0 Å². The van der Waals surface area contributed by atoms with Crippen LogP contribution in [-0.4, -0.2) is 42.4 Å². The van der Waals surface area contributed by atoms with Gasteiger partial charge in [0.2, 0.25) is 0 Å². The number of hydrogen-bond donors (Lipinski definition) is 0. The Balaban J connectivity index is 2.20. The molecular weight excluding hydrogens is 270 g/mol. The molecule has 7 nitrogen and oxygen atoms in total.